The van der Waals surface area contributed by atoms with Crippen molar-refractivity contribution in [3.05, 3.63) is 28.8 Å². The number of methoxy groups -OCH3 is 1. The third kappa shape index (κ3) is 7.50. The lowest BCUT2D eigenvalue weighted by Gasteiger charge is -2.31. The van der Waals surface area contributed by atoms with Crippen LogP contribution in [-0.2, 0) is 19.1 Å². The molecule has 29 heavy (non-hydrogen) atoms. The Morgan fingerprint density at radius 1 is 1.03 bits per heavy atom. The lowest BCUT2D eigenvalue weighted by atomic mass is 10.0. The standard InChI is InChI=1S/C23H35NO4S/c1-7-8-9-10-11-12-21(26)29-15-20(25)24(19(5)23(27)28-6)22-17(3)14-13-16(2)18(22)4/h13-14,19H,7-12,15H2,1-6H3. The van der Waals surface area contributed by atoms with Gasteiger partial charge in [0.15, 0.2) is 5.12 Å². The summed E-state index contributed by atoms with van der Waals surface area (Å²) in [6.07, 6.45) is 5.89. The summed E-state index contributed by atoms with van der Waals surface area (Å²) in [5, 5.41) is 0.0261. The monoisotopic (exact) mass is 421 g/mol. The number of aryl methyl sites for hydroxylation is 2. The summed E-state index contributed by atoms with van der Waals surface area (Å²) in [6.45, 7) is 9.65. The van der Waals surface area contributed by atoms with Gasteiger partial charge in [0.25, 0.3) is 0 Å². The van der Waals surface area contributed by atoms with Crippen molar-refractivity contribution in [3.8, 4) is 0 Å². The number of thioether (sulfide) groups is 1. The van der Waals surface area contributed by atoms with Crippen molar-refractivity contribution < 1.29 is 19.1 Å². The van der Waals surface area contributed by atoms with Crippen LogP contribution in [0.1, 0.15) is 69.1 Å². The Hall–Kier alpha value is -1.82. The number of amides is 1. The highest BCUT2D eigenvalue weighted by Crippen LogP contribution is 2.30. The molecule has 0 saturated carbocycles. The van der Waals surface area contributed by atoms with Crippen LogP contribution in [0.5, 0.6) is 0 Å². The molecule has 0 N–H and O–H groups in total. The van der Waals surface area contributed by atoms with Gasteiger partial charge < -0.3 is 4.74 Å². The molecule has 5 nitrogen and oxygen atoms in total. The van der Waals surface area contributed by atoms with E-state index in [9.17, 15) is 14.4 Å². The van der Waals surface area contributed by atoms with Crippen molar-refractivity contribution in [3.63, 3.8) is 0 Å². The highest BCUT2D eigenvalue weighted by molar-refractivity contribution is 8.14. The maximum atomic E-state index is 13.1. The van der Waals surface area contributed by atoms with Crippen LogP contribution in [0, 0.1) is 20.8 Å². The highest BCUT2D eigenvalue weighted by Gasteiger charge is 2.30. The molecule has 0 heterocycles. The second-order valence-electron chi connectivity index (χ2n) is 7.46. The molecule has 1 aromatic rings. The van der Waals surface area contributed by atoms with Crippen LogP contribution in [0.4, 0.5) is 5.69 Å². The van der Waals surface area contributed by atoms with Gasteiger partial charge in [0.1, 0.15) is 6.04 Å². The van der Waals surface area contributed by atoms with Gasteiger partial charge in [-0.15, -0.1) is 0 Å². The summed E-state index contributed by atoms with van der Waals surface area (Å²) in [5.74, 6) is -0.725. The molecule has 1 amide bonds. The first-order valence-corrected chi connectivity index (χ1v) is 11.3. The van der Waals surface area contributed by atoms with E-state index < -0.39 is 12.0 Å². The number of hydrogen-bond donors (Lipinski definition) is 0. The van der Waals surface area contributed by atoms with Gasteiger partial charge in [0.2, 0.25) is 5.91 Å². The maximum Gasteiger partial charge on any atom is 0.328 e. The minimum absolute atomic E-state index is 0.0158. The number of ether oxygens (including phenoxy) is 1. The number of hydrogen-bond acceptors (Lipinski definition) is 5. The third-order valence-corrected chi connectivity index (χ3v) is 6.10. The molecular weight excluding hydrogens is 386 g/mol. The molecule has 0 bridgehead atoms. The largest absolute Gasteiger partial charge is 0.467 e. The average Bonchev–Trinajstić information content (AvgIpc) is 2.70. The molecule has 0 saturated heterocycles. The van der Waals surface area contributed by atoms with Gasteiger partial charge in [-0.2, -0.15) is 0 Å². The number of carbonyl (C=O) groups is 3. The van der Waals surface area contributed by atoms with Crippen molar-refractivity contribution in [1.82, 2.24) is 0 Å². The van der Waals surface area contributed by atoms with E-state index in [0.29, 0.717) is 6.42 Å². The Balaban J connectivity index is 2.90. The Bertz CT molecular complexity index is 717. The SMILES string of the molecule is CCCCCCCC(=O)SCC(=O)N(c1c(C)ccc(C)c1C)C(C)C(=O)OC. The van der Waals surface area contributed by atoms with Gasteiger partial charge in [0.05, 0.1) is 18.6 Å². The lowest BCUT2D eigenvalue weighted by molar-refractivity contribution is -0.142. The van der Waals surface area contributed by atoms with Crippen molar-refractivity contribution >= 4 is 34.4 Å². The summed E-state index contributed by atoms with van der Waals surface area (Å²) in [5.41, 5.74) is 3.61. The van der Waals surface area contributed by atoms with Gasteiger partial charge >= 0.3 is 5.97 Å². The fourth-order valence-corrected chi connectivity index (χ4v) is 3.99. The zero-order chi connectivity index (χ0) is 22.0. The number of benzene rings is 1. The minimum atomic E-state index is -0.767. The summed E-state index contributed by atoms with van der Waals surface area (Å²) in [7, 11) is 1.31. The van der Waals surface area contributed by atoms with Crippen molar-refractivity contribution in [1.29, 1.82) is 0 Å². The van der Waals surface area contributed by atoms with Crippen LogP contribution in [0.15, 0.2) is 12.1 Å². The van der Waals surface area contributed by atoms with Gasteiger partial charge in [-0.05, 0) is 50.8 Å². The Labute approximate surface area is 179 Å². The first-order valence-electron chi connectivity index (χ1n) is 10.4. The summed E-state index contributed by atoms with van der Waals surface area (Å²) < 4.78 is 4.88. The first kappa shape index (κ1) is 25.2. The normalized spacial score (nSPS) is 11.8. The van der Waals surface area contributed by atoms with Crippen molar-refractivity contribution in [2.75, 3.05) is 17.8 Å². The molecule has 0 aliphatic carbocycles. The van der Waals surface area contributed by atoms with Gasteiger partial charge in [-0.3, -0.25) is 14.5 Å². The van der Waals surface area contributed by atoms with E-state index in [-0.39, 0.29) is 16.8 Å². The Morgan fingerprint density at radius 2 is 1.66 bits per heavy atom. The smallest absolute Gasteiger partial charge is 0.328 e. The van der Waals surface area contributed by atoms with E-state index in [1.165, 1.54) is 24.9 Å². The highest BCUT2D eigenvalue weighted by atomic mass is 32.2. The Morgan fingerprint density at radius 3 is 2.28 bits per heavy atom. The molecule has 1 unspecified atom stereocenters. The van der Waals surface area contributed by atoms with Crippen LogP contribution >= 0.6 is 11.8 Å². The van der Waals surface area contributed by atoms with Crippen LogP contribution < -0.4 is 4.90 Å². The second kappa shape index (κ2) is 12.7. The zero-order valence-corrected chi connectivity index (χ0v) is 19.5. The molecule has 6 heteroatoms. The van der Waals surface area contributed by atoms with Crippen LogP contribution in [0.2, 0.25) is 0 Å². The molecule has 0 aromatic heterocycles. The molecule has 1 rings (SSSR count). The van der Waals surface area contributed by atoms with E-state index in [1.807, 2.05) is 32.9 Å². The maximum absolute atomic E-state index is 13.1. The van der Waals surface area contributed by atoms with Crippen molar-refractivity contribution in [2.45, 2.75) is 79.2 Å². The van der Waals surface area contributed by atoms with Gasteiger partial charge in [0, 0.05) is 6.42 Å². The molecule has 0 fully saturated rings. The fourth-order valence-electron chi connectivity index (χ4n) is 3.27. The fraction of sp³-hybridized carbons (Fsp3) is 0.609. The summed E-state index contributed by atoms with van der Waals surface area (Å²) in [4.78, 5) is 39.0. The van der Waals surface area contributed by atoms with Crippen LogP contribution in [0.3, 0.4) is 0 Å². The number of carbonyl (C=O) groups excluding carboxylic acids is 3. The molecular formula is C23H35NO4S. The lowest BCUT2D eigenvalue weighted by Crippen LogP contribution is -2.46. The number of anilines is 1. The van der Waals surface area contributed by atoms with E-state index in [4.69, 9.17) is 4.74 Å². The van der Waals surface area contributed by atoms with E-state index in [2.05, 4.69) is 6.92 Å². The van der Waals surface area contributed by atoms with Gasteiger partial charge in [-0.25, -0.2) is 4.79 Å². The van der Waals surface area contributed by atoms with Gasteiger partial charge in [-0.1, -0.05) is 56.5 Å². The quantitative estimate of drug-likeness (QED) is 0.366. The second-order valence-corrected chi connectivity index (χ2v) is 8.49. The van der Waals surface area contributed by atoms with Crippen molar-refractivity contribution in [2.24, 2.45) is 0 Å². The third-order valence-electron chi connectivity index (χ3n) is 5.18. The molecule has 162 valence electrons. The molecule has 1 aromatic carbocycles. The predicted molar refractivity (Wildman–Crippen MR) is 120 cm³/mol. The van der Waals surface area contributed by atoms with E-state index >= 15 is 0 Å². The molecule has 0 radical (unpaired) electrons. The topological polar surface area (TPSA) is 63.7 Å². The molecule has 0 aliphatic rings. The molecule has 0 spiro atoms. The number of esters is 1. The van der Waals surface area contributed by atoms with E-state index in [0.717, 1.165) is 53.4 Å². The zero-order valence-electron chi connectivity index (χ0n) is 18.7. The van der Waals surface area contributed by atoms with E-state index in [1.54, 1.807) is 6.92 Å². The summed E-state index contributed by atoms with van der Waals surface area (Å²) in [6, 6.07) is 3.17. The predicted octanol–water partition coefficient (Wildman–Crippen LogP) is 5.13. The minimum Gasteiger partial charge on any atom is -0.467 e. The van der Waals surface area contributed by atoms with Crippen LogP contribution in [-0.4, -0.2) is 35.9 Å². The van der Waals surface area contributed by atoms with Crippen LogP contribution in [0.25, 0.3) is 0 Å². The molecule has 1 atom stereocenters. The molecule has 0 aliphatic heterocycles. The first-order chi connectivity index (χ1) is 13.7. The summed E-state index contributed by atoms with van der Waals surface area (Å²) >= 11 is 1.04. The number of nitrogens with zero attached hydrogens (tertiary/aromatic N) is 1. The Kier molecular flexibility index (Phi) is 11.0. The average molecular weight is 422 g/mol. The number of unbranched alkanes of at least 4 members (excludes halogenated alkanes) is 4. The number of rotatable bonds is 11.